The van der Waals surface area contributed by atoms with Crippen LogP contribution in [0.15, 0.2) is 48.5 Å². The number of hydrogen-bond donors (Lipinski definition) is 2. The third-order valence-corrected chi connectivity index (χ3v) is 4.58. The van der Waals surface area contributed by atoms with E-state index in [9.17, 15) is 0 Å². The molecule has 1 aliphatic rings. The van der Waals surface area contributed by atoms with Crippen molar-refractivity contribution >= 4 is 17.0 Å². The minimum atomic E-state index is 0.660. The standard InChI is InChI=1S/C20H24N4O2/c1-4-8-19(26-14-11-24-9-12-25-13-10-24)16(5-1)15-21-20-22-17-6-2-3-7-18(17)23-20/h1-8H,9-15H2,(H2,21,22,23). The number of ether oxygens (including phenoxy) is 2. The Kier molecular flexibility index (Phi) is 5.33. The van der Waals surface area contributed by atoms with Gasteiger partial charge < -0.3 is 19.8 Å². The van der Waals surface area contributed by atoms with Crippen molar-refractivity contribution in [2.24, 2.45) is 0 Å². The third-order valence-electron chi connectivity index (χ3n) is 4.58. The van der Waals surface area contributed by atoms with Gasteiger partial charge in [-0.15, -0.1) is 0 Å². The molecular formula is C20H24N4O2. The number of morpholine rings is 1. The summed E-state index contributed by atoms with van der Waals surface area (Å²) in [7, 11) is 0. The molecule has 1 aromatic heterocycles. The lowest BCUT2D eigenvalue weighted by atomic mass is 10.2. The Balaban J connectivity index is 1.34. The molecule has 3 aromatic rings. The highest BCUT2D eigenvalue weighted by Gasteiger charge is 2.11. The Labute approximate surface area is 153 Å². The summed E-state index contributed by atoms with van der Waals surface area (Å²) in [5.74, 6) is 1.69. The summed E-state index contributed by atoms with van der Waals surface area (Å²) < 4.78 is 11.4. The first kappa shape index (κ1) is 16.9. The molecule has 2 N–H and O–H groups in total. The lowest BCUT2D eigenvalue weighted by Gasteiger charge is -2.26. The summed E-state index contributed by atoms with van der Waals surface area (Å²) in [5.41, 5.74) is 3.12. The highest BCUT2D eigenvalue weighted by atomic mass is 16.5. The van der Waals surface area contributed by atoms with E-state index in [1.165, 1.54) is 0 Å². The Hall–Kier alpha value is -2.57. The van der Waals surface area contributed by atoms with Crippen molar-refractivity contribution in [1.29, 1.82) is 0 Å². The highest BCUT2D eigenvalue weighted by Crippen LogP contribution is 2.20. The van der Waals surface area contributed by atoms with Gasteiger partial charge in [0.25, 0.3) is 0 Å². The van der Waals surface area contributed by atoms with Crippen LogP contribution in [0, 0.1) is 0 Å². The monoisotopic (exact) mass is 352 g/mol. The maximum Gasteiger partial charge on any atom is 0.201 e. The molecule has 1 saturated heterocycles. The second-order valence-electron chi connectivity index (χ2n) is 6.37. The van der Waals surface area contributed by atoms with Crippen LogP contribution in [0.4, 0.5) is 5.95 Å². The van der Waals surface area contributed by atoms with Gasteiger partial charge in [-0.2, -0.15) is 0 Å². The summed E-state index contributed by atoms with van der Waals surface area (Å²) in [5, 5.41) is 3.36. The van der Waals surface area contributed by atoms with Crippen LogP contribution in [0.5, 0.6) is 5.75 Å². The topological polar surface area (TPSA) is 62.4 Å². The Morgan fingerprint density at radius 1 is 1.08 bits per heavy atom. The molecule has 26 heavy (non-hydrogen) atoms. The number of imidazole rings is 1. The van der Waals surface area contributed by atoms with Crippen LogP contribution in [0.2, 0.25) is 0 Å². The van der Waals surface area contributed by atoms with Gasteiger partial charge in [-0.05, 0) is 18.2 Å². The summed E-state index contributed by atoms with van der Waals surface area (Å²) >= 11 is 0. The second kappa shape index (κ2) is 8.21. The molecule has 0 spiro atoms. The van der Waals surface area contributed by atoms with Crippen molar-refractivity contribution in [2.75, 3.05) is 44.8 Å². The van der Waals surface area contributed by atoms with E-state index in [1.807, 2.05) is 42.5 Å². The van der Waals surface area contributed by atoms with Crippen molar-refractivity contribution in [1.82, 2.24) is 14.9 Å². The van der Waals surface area contributed by atoms with Gasteiger partial charge in [0.15, 0.2) is 0 Å². The van der Waals surface area contributed by atoms with E-state index >= 15 is 0 Å². The molecule has 4 rings (SSSR count). The van der Waals surface area contributed by atoms with Crippen molar-refractivity contribution in [3.63, 3.8) is 0 Å². The number of hydrogen-bond acceptors (Lipinski definition) is 5. The highest BCUT2D eigenvalue weighted by molar-refractivity contribution is 5.77. The third kappa shape index (κ3) is 4.15. The Morgan fingerprint density at radius 2 is 1.88 bits per heavy atom. The molecule has 0 amide bonds. The molecule has 0 saturated carbocycles. The molecule has 1 fully saturated rings. The molecule has 2 heterocycles. The first-order valence-corrected chi connectivity index (χ1v) is 9.08. The minimum absolute atomic E-state index is 0.660. The molecule has 0 atom stereocenters. The van der Waals surface area contributed by atoms with E-state index in [4.69, 9.17) is 9.47 Å². The molecule has 6 heteroatoms. The lowest BCUT2D eigenvalue weighted by Crippen LogP contribution is -2.38. The number of H-pyrrole nitrogens is 1. The number of benzene rings is 2. The number of para-hydroxylation sites is 3. The number of nitrogens with one attached hydrogen (secondary N) is 2. The van der Waals surface area contributed by atoms with Crippen LogP contribution in [0.25, 0.3) is 11.0 Å². The van der Waals surface area contributed by atoms with Crippen LogP contribution >= 0.6 is 0 Å². The van der Waals surface area contributed by atoms with E-state index in [1.54, 1.807) is 0 Å². The first-order chi connectivity index (χ1) is 12.9. The van der Waals surface area contributed by atoms with Gasteiger partial charge >= 0.3 is 0 Å². The zero-order chi connectivity index (χ0) is 17.6. The zero-order valence-corrected chi connectivity index (χ0v) is 14.8. The van der Waals surface area contributed by atoms with Gasteiger partial charge in [0.2, 0.25) is 5.95 Å². The van der Waals surface area contributed by atoms with E-state index in [2.05, 4.69) is 26.3 Å². The summed E-state index contributed by atoms with van der Waals surface area (Å²) in [4.78, 5) is 10.2. The number of rotatable bonds is 7. The molecule has 136 valence electrons. The largest absolute Gasteiger partial charge is 0.492 e. The predicted molar refractivity (Wildman–Crippen MR) is 103 cm³/mol. The van der Waals surface area contributed by atoms with Crippen molar-refractivity contribution < 1.29 is 9.47 Å². The number of aromatic nitrogens is 2. The molecule has 0 radical (unpaired) electrons. The predicted octanol–water partition coefficient (Wildman–Crippen LogP) is 2.89. The van der Waals surface area contributed by atoms with E-state index in [-0.39, 0.29) is 0 Å². The Bertz CT molecular complexity index is 809. The number of aromatic amines is 1. The zero-order valence-electron chi connectivity index (χ0n) is 14.8. The number of fused-ring (bicyclic) bond motifs is 1. The van der Waals surface area contributed by atoms with Crippen LogP contribution in [0.3, 0.4) is 0 Å². The van der Waals surface area contributed by atoms with Crippen molar-refractivity contribution in [2.45, 2.75) is 6.54 Å². The number of anilines is 1. The van der Waals surface area contributed by atoms with Crippen LogP contribution in [0.1, 0.15) is 5.56 Å². The summed E-state index contributed by atoms with van der Waals surface area (Å²) in [6, 6.07) is 16.2. The van der Waals surface area contributed by atoms with Gasteiger partial charge in [0.05, 0.1) is 24.2 Å². The average molecular weight is 352 g/mol. The Morgan fingerprint density at radius 3 is 2.77 bits per heavy atom. The van der Waals surface area contributed by atoms with E-state index in [0.29, 0.717) is 13.2 Å². The molecule has 6 nitrogen and oxygen atoms in total. The van der Waals surface area contributed by atoms with Crippen LogP contribution in [-0.2, 0) is 11.3 Å². The molecule has 0 unspecified atom stereocenters. The fourth-order valence-electron chi connectivity index (χ4n) is 3.12. The molecule has 0 aliphatic carbocycles. The minimum Gasteiger partial charge on any atom is -0.492 e. The van der Waals surface area contributed by atoms with Crippen molar-refractivity contribution in [3.05, 3.63) is 54.1 Å². The van der Waals surface area contributed by atoms with Crippen LogP contribution < -0.4 is 10.1 Å². The fraction of sp³-hybridized carbons (Fsp3) is 0.350. The van der Waals surface area contributed by atoms with Gasteiger partial charge in [-0.25, -0.2) is 4.98 Å². The maximum atomic E-state index is 6.03. The fourth-order valence-corrected chi connectivity index (χ4v) is 3.12. The lowest BCUT2D eigenvalue weighted by molar-refractivity contribution is 0.0322. The van der Waals surface area contributed by atoms with E-state index in [0.717, 1.165) is 61.1 Å². The summed E-state index contributed by atoms with van der Waals surface area (Å²) in [6.45, 7) is 5.87. The molecular weight excluding hydrogens is 328 g/mol. The number of nitrogens with zero attached hydrogens (tertiary/aromatic N) is 2. The van der Waals surface area contributed by atoms with Gasteiger partial charge in [-0.1, -0.05) is 30.3 Å². The summed E-state index contributed by atoms with van der Waals surface area (Å²) in [6.07, 6.45) is 0. The first-order valence-electron chi connectivity index (χ1n) is 9.08. The average Bonchev–Trinajstić information content (AvgIpc) is 3.11. The van der Waals surface area contributed by atoms with Crippen molar-refractivity contribution in [3.8, 4) is 5.75 Å². The van der Waals surface area contributed by atoms with Gasteiger partial charge in [0.1, 0.15) is 12.4 Å². The molecule has 1 aliphatic heterocycles. The second-order valence-corrected chi connectivity index (χ2v) is 6.37. The normalized spacial score (nSPS) is 15.2. The molecule has 2 aromatic carbocycles. The van der Waals surface area contributed by atoms with Gasteiger partial charge in [-0.3, -0.25) is 4.90 Å². The smallest absolute Gasteiger partial charge is 0.201 e. The quantitative estimate of drug-likeness (QED) is 0.685. The van der Waals surface area contributed by atoms with Gasteiger partial charge in [0, 0.05) is 31.7 Å². The molecule has 0 bridgehead atoms. The van der Waals surface area contributed by atoms with E-state index < -0.39 is 0 Å². The van der Waals surface area contributed by atoms with Crippen LogP contribution in [-0.4, -0.2) is 54.3 Å². The SMILES string of the molecule is c1ccc(OCCN2CCOCC2)c(CNc2nc3ccccc3[nH]2)c1. The maximum absolute atomic E-state index is 6.03.